The van der Waals surface area contributed by atoms with Crippen LogP contribution in [0.15, 0.2) is 83.8 Å². The molecule has 0 aliphatic rings. The fraction of sp³-hybridized carbons (Fsp3) is 0.0476. The van der Waals surface area contributed by atoms with Crippen LogP contribution in [-0.4, -0.2) is 9.55 Å². The first-order chi connectivity index (χ1) is 12.2. The number of pyridine rings is 2. The average molecular weight is 347 g/mol. The molecule has 0 aliphatic carbocycles. The summed E-state index contributed by atoms with van der Waals surface area (Å²) in [6.07, 6.45) is 1.71. The second-order valence-corrected chi connectivity index (χ2v) is 6.29. The Hall–Kier alpha value is -2.91. The minimum absolute atomic E-state index is 0.0580. The molecular weight excluding hydrogens is 332 g/mol. The van der Waals surface area contributed by atoms with Crippen molar-refractivity contribution in [3.63, 3.8) is 0 Å². The van der Waals surface area contributed by atoms with Crippen LogP contribution in [0.4, 0.5) is 0 Å². The zero-order valence-corrected chi connectivity index (χ0v) is 14.1. The molecule has 0 spiro atoms. The molecule has 0 radical (unpaired) electrons. The fourth-order valence-electron chi connectivity index (χ4n) is 2.96. The first-order valence-corrected chi connectivity index (χ1v) is 8.38. The van der Waals surface area contributed by atoms with Crippen LogP contribution < -0.4 is 5.56 Å². The van der Waals surface area contributed by atoms with Gasteiger partial charge in [-0.15, -0.1) is 0 Å². The molecule has 122 valence electrons. The van der Waals surface area contributed by atoms with E-state index in [9.17, 15) is 4.79 Å². The van der Waals surface area contributed by atoms with E-state index in [0.717, 1.165) is 16.5 Å². The Kier molecular flexibility index (Phi) is 4.08. The van der Waals surface area contributed by atoms with Crippen LogP contribution in [0.2, 0.25) is 5.02 Å². The summed E-state index contributed by atoms with van der Waals surface area (Å²) in [6.45, 7) is 0.481. The maximum absolute atomic E-state index is 13.2. The Morgan fingerprint density at radius 1 is 0.920 bits per heavy atom. The monoisotopic (exact) mass is 346 g/mol. The van der Waals surface area contributed by atoms with E-state index < -0.39 is 0 Å². The maximum atomic E-state index is 13.2. The lowest BCUT2D eigenvalue weighted by atomic mass is 10.1. The van der Waals surface area contributed by atoms with Crippen molar-refractivity contribution in [3.05, 3.63) is 99.9 Å². The Labute approximate surface area is 150 Å². The van der Waals surface area contributed by atoms with Gasteiger partial charge in [0.05, 0.1) is 6.54 Å². The van der Waals surface area contributed by atoms with E-state index in [1.54, 1.807) is 22.9 Å². The summed E-state index contributed by atoms with van der Waals surface area (Å²) in [4.78, 5) is 17.6. The fourth-order valence-corrected chi connectivity index (χ4v) is 3.08. The standard InChI is InChI=1S/C21H15ClN2O/c22-18-10-8-16(9-11-18)19-13-17-7-4-12-23-20(17)24(21(19)25)14-15-5-2-1-3-6-15/h1-13H,14H2. The molecule has 2 aromatic heterocycles. The van der Waals surface area contributed by atoms with Crippen molar-refractivity contribution in [1.82, 2.24) is 9.55 Å². The molecule has 0 N–H and O–H groups in total. The Morgan fingerprint density at radius 3 is 2.44 bits per heavy atom. The number of halogens is 1. The van der Waals surface area contributed by atoms with Gasteiger partial charge in [0.1, 0.15) is 5.65 Å². The summed E-state index contributed by atoms with van der Waals surface area (Å²) < 4.78 is 1.73. The van der Waals surface area contributed by atoms with E-state index >= 15 is 0 Å². The second-order valence-electron chi connectivity index (χ2n) is 5.86. The molecule has 4 rings (SSSR count). The third kappa shape index (κ3) is 3.06. The van der Waals surface area contributed by atoms with Crippen LogP contribution in [0.3, 0.4) is 0 Å². The van der Waals surface area contributed by atoms with E-state index in [0.29, 0.717) is 22.8 Å². The van der Waals surface area contributed by atoms with Gasteiger partial charge >= 0.3 is 0 Å². The first-order valence-electron chi connectivity index (χ1n) is 8.01. The molecule has 2 aromatic carbocycles. The smallest absolute Gasteiger partial charge is 0.260 e. The molecule has 4 aromatic rings. The lowest BCUT2D eigenvalue weighted by molar-refractivity contribution is 0.785. The summed E-state index contributed by atoms with van der Waals surface area (Å²) in [6, 6.07) is 23.0. The van der Waals surface area contributed by atoms with Crippen LogP contribution in [0.5, 0.6) is 0 Å². The Bertz CT molecular complexity index is 1090. The zero-order valence-electron chi connectivity index (χ0n) is 13.4. The number of fused-ring (bicyclic) bond motifs is 1. The highest BCUT2D eigenvalue weighted by Gasteiger charge is 2.12. The van der Waals surface area contributed by atoms with Crippen molar-refractivity contribution in [2.45, 2.75) is 6.54 Å². The largest absolute Gasteiger partial charge is 0.288 e. The van der Waals surface area contributed by atoms with Gasteiger partial charge in [-0.3, -0.25) is 9.36 Å². The van der Waals surface area contributed by atoms with Crippen molar-refractivity contribution in [2.75, 3.05) is 0 Å². The predicted molar refractivity (Wildman–Crippen MR) is 102 cm³/mol. The van der Waals surface area contributed by atoms with Gasteiger partial charge in [0, 0.05) is 22.2 Å². The molecule has 0 aliphatic heterocycles. The van der Waals surface area contributed by atoms with Crippen LogP contribution in [0, 0.1) is 0 Å². The summed E-state index contributed by atoms with van der Waals surface area (Å²) in [5, 5.41) is 1.58. The molecular formula is C21H15ClN2O. The molecule has 2 heterocycles. The summed E-state index contributed by atoms with van der Waals surface area (Å²) in [5.41, 5.74) is 3.19. The lowest BCUT2D eigenvalue weighted by Gasteiger charge is -2.12. The highest BCUT2D eigenvalue weighted by molar-refractivity contribution is 6.30. The van der Waals surface area contributed by atoms with E-state index in [1.807, 2.05) is 60.7 Å². The highest BCUT2D eigenvalue weighted by atomic mass is 35.5. The zero-order chi connectivity index (χ0) is 17.2. The minimum atomic E-state index is -0.0580. The Balaban J connectivity index is 1.95. The van der Waals surface area contributed by atoms with Crippen LogP contribution >= 0.6 is 11.6 Å². The summed E-state index contributed by atoms with van der Waals surface area (Å²) in [7, 11) is 0. The topological polar surface area (TPSA) is 34.9 Å². The average Bonchev–Trinajstić information content (AvgIpc) is 2.65. The minimum Gasteiger partial charge on any atom is -0.288 e. The van der Waals surface area contributed by atoms with Gasteiger partial charge in [-0.1, -0.05) is 54.1 Å². The summed E-state index contributed by atoms with van der Waals surface area (Å²) >= 11 is 5.98. The molecule has 0 fully saturated rings. The van der Waals surface area contributed by atoms with Crippen LogP contribution in [0.1, 0.15) is 5.56 Å². The van der Waals surface area contributed by atoms with Crippen molar-refractivity contribution >= 4 is 22.6 Å². The van der Waals surface area contributed by atoms with Crippen molar-refractivity contribution in [2.24, 2.45) is 0 Å². The van der Waals surface area contributed by atoms with Gasteiger partial charge < -0.3 is 0 Å². The van der Waals surface area contributed by atoms with Gasteiger partial charge in [0.25, 0.3) is 5.56 Å². The van der Waals surface area contributed by atoms with E-state index in [-0.39, 0.29) is 5.56 Å². The van der Waals surface area contributed by atoms with E-state index in [1.165, 1.54) is 0 Å². The third-order valence-electron chi connectivity index (χ3n) is 4.19. The normalized spacial score (nSPS) is 10.9. The van der Waals surface area contributed by atoms with Crippen LogP contribution in [-0.2, 0) is 6.54 Å². The number of rotatable bonds is 3. The van der Waals surface area contributed by atoms with Gasteiger partial charge in [-0.05, 0) is 41.5 Å². The quantitative estimate of drug-likeness (QED) is 0.536. The molecule has 0 saturated carbocycles. The van der Waals surface area contributed by atoms with E-state index in [2.05, 4.69) is 4.98 Å². The Morgan fingerprint density at radius 2 is 1.68 bits per heavy atom. The lowest BCUT2D eigenvalue weighted by Crippen LogP contribution is -2.23. The second kappa shape index (κ2) is 6.54. The molecule has 25 heavy (non-hydrogen) atoms. The van der Waals surface area contributed by atoms with Crippen molar-refractivity contribution in [1.29, 1.82) is 0 Å². The molecule has 0 atom stereocenters. The van der Waals surface area contributed by atoms with Gasteiger partial charge in [-0.25, -0.2) is 4.98 Å². The van der Waals surface area contributed by atoms with Crippen molar-refractivity contribution < 1.29 is 0 Å². The number of benzene rings is 2. The van der Waals surface area contributed by atoms with E-state index in [4.69, 9.17) is 11.6 Å². The molecule has 4 heteroatoms. The van der Waals surface area contributed by atoms with Gasteiger partial charge in [0.2, 0.25) is 0 Å². The first kappa shape index (κ1) is 15.6. The molecule has 3 nitrogen and oxygen atoms in total. The highest BCUT2D eigenvalue weighted by Crippen LogP contribution is 2.22. The number of hydrogen-bond acceptors (Lipinski definition) is 2. The maximum Gasteiger partial charge on any atom is 0.260 e. The summed E-state index contributed by atoms with van der Waals surface area (Å²) in [5.74, 6) is 0. The molecule has 0 amide bonds. The van der Waals surface area contributed by atoms with Crippen molar-refractivity contribution in [3.8, 4) is 11.1 Å². The van der Waals surface area contributed by atoms with Gasteiger partial charge in [-0.2, -0.15) is 0 Å². The molecule has 0 bridgehead atoms. The third-order valence-corrected chi connectivity index (χ3v) is 4.44. The number of hydrogen-bond donors (Lipinski definition) is 0. The van der Waals surface area contributed by atoms with Crippen LogP contribution in [0.25, 0.3) is 22.2 Å². The molecule has 0 saturated heterocycles. The number of nitrogens with zero attached hydrogens (tertiary/aromatic N) is 2. The SMILES string of the molecule is O=c1c(-c2ccc(Cl)cc2)cc2cccnc2n1Cc1ccccc1. The predicted octanol–water partition coefficient (Wildman–Crippen LogP) is 4.77. The molecule has 0 unspecified atom stereocenters. The van der Waals surface area contributed by atoms with Gasteiger partial charge in [0.15, 0.2) is 0 Å². The number of aromatic nitrogens is 2.